The first-order valence-electron chi connectivity index (χ1n) is 15.1. The van der Waals surface area contributed by atoms with Crippen molar-refractivity contribution in [2.75, 3.05) is 26.0 Å². The summed E-state index contributed by atoms with van der Waals surface area (Å²) in [6.45, 7) is 2.52. The van der Waals surface area contributed by atoms with E-state index in [1.807, 2.05) is 31.2 Å². The van der Waals surface area contributed by atoms with Gasteiger partial charge in [-0.15, -0.1) is 0 Å². The van der Waals surface area contributed by atoms with E-state index in [2.05, 4.69) is 20.6 Å². The van der Waals surface area contributed by atoms with E-state index >= 15 is 0 Å². The number of rotatable bonds is 10. The number of hydrogen-bond donors (Lipinski definition) is 5. The SMILES string of the molecule is Cc1ccc(S(=O)(=O)N(C)C)cc1-c1cccc(CC(NC(=O)C2CCC(CN)CC2)C(=O)Nc2ccc3[nH]c(=O)[nH]c3c2)c1. The molecule has 1 saturated carbocycles. The van der Waals surface area contributed by atoms with Crippen LogP contribution in [0.5, 0.6) is 0 Å². The third kappa shape index (κ3) is 7.35. The summed E-state index contributed by atoms with van der Waals surface area (Å²) >= 11 is 0. The van der Waals surface area contributed by atoms with Crippen molar-refractivity contribution in [2.45, 2.75) is 50.0 Å². The van der Waals surface area contributed by atoms with Gasteiger partial charge in [-0.1, -0.05) is 30.3 Å². The molecule has 11 nitrogen and oxygen atoms in total. The van der Waals surface area contributed by atoms with Gasteiger partial charge >= 0.3 is 5.69 Å². The van der Waals surface area contributed by atoms with Crippen LogP contribution in [0.1, 0.15) is 36.8 Å². The van der Waals surface area contributed by atoms with Crippen molar-refractivity contribution in [2.24, 2.45) is 17.6 Å². The van der Waals surface area contributed by atoms with Gasteiger partial charge in [0, 0.05) is 32.1 Å². The van der Waals surface area contributed by atoms with Crippen molar-refractivity contribution >= 4 is 38.6 Å². The Labute approximate surface area is 262 Å². The quantitative estimate of drug-likeness (QED) is 0.179. The van der Waals surface area contributed by atoms with Gasteiger partial charge < -0.3 is 26.3 Å². The molecule has 1 unspecified atom stereocenters. The highest BCUT2D eigenvalue weighted by Gasteiger charge is 2.29. The molecule has 4 aromatic rings. The van der Waals surface area contributed by atoms with Crippen molar-refractivity contribution in [3.05, 3.63) is 82.3 Å². The maximum absolute atomic E-state index is 13.7. The maximum atomic E-state index is 13.7. The Morgan fingerprint density at radius 3 is 2.42 bits per heavy atom. The number of aromatic nitrogens is 2. The molecule has 1 fully saturated rings. The molecule has 6 N–H and O–H groups in total. The van der Waals surface area contributed by atoms with Gasteiger partial charge in [-0.3, -0.25) is 9.59 Å². The van der Waals surface area contributed by atoms with E-state index in [9.17, 15) is 22.8 Å². The number of anilines is 1. The van der Waals surface area contributed by atoms with Crippen LogP contribution in [0, 0.1) is 18.8 Å². The van der Waals surface area contributed by atoms with Gasteiger partial charge in [0.1, 0.15) is 6.04 Å². The van der Waals surface area contributed by atoms with Crippen LogP contribution in [0.4, 0.5) is 5.69 Å². The number of sulfonamides is 1. The van der Waals surface area contributed by atoms with Crippen LogP contribution in [0.25, 0.3) is 22.2 Å². The van der Waals surface area contributed by atoms with Crippen molar-refractivity contribution in [1.29, 1.82) is 0 Å². The molecular weight excluding hydrogens is 592 g/mol. The third-order valence-corrected chi connectivity index (χ3v) is 10.4. The van der Waals surface area contributed by atoms with Crippen molar-refractivity contribution in [3.63, 3.8) is 0 Å². The van der Waals surface area contributed by atoms with E-state index in [4.69, 9.17) is 5.73 Å². The van der Waals surface area contributed by atoms with Crippen LogP contribution in [0.2, 0.25) is 0 Å². The summed E-state index contributed by atoms with van der Waals surface area (Å²) in [5.41, 5.74) is 10.4. The Bertz CT molecular complexity index is 1870. The lowest BCUT2D eigenvalue weighted by atomic mass is 9.81. The molecule has 0 saturated heterocycles. The number of imidazole rings is 1. The predicted octanol–water partition coefficient (Wildman–Crippen LogP) is 3.51. The minimum atomic E-state index is -3.63. The summed E-state index contributed by atoms with van der Waals surface area (Å²) < 4.78 is 26.8. The second-order valence-corrected chi connectivity index (χ2v) is 14.2. The number of nitrogens with two attached hydrogens (primary N) is 1. The van der Waals surface area contributed by atoms with Crippen LogP contribution in [0.15, 0.2) is 70.4 Å². The van der Waals surface area contributed by atoms with E-state index in [1.54, 1.807) is 36.4 Å². The number of aromatic amines is 2. The highest BCUT2D eigenvalue weighted by atomic mass is 32.2. The normalized spacial score (nSPS) is 17.7. The van der Waals surface area contributed by atoms with Gasteiger partial charge in [0.15, 0.2) is 0 Å². The zero-order valence-electron chi connectivity index (χ0n) is 25.7. The van der Waals surface area contributed by atoms with Crippen LogP contribution in [-0.4, -0.2) is 61.2 Å². The number of amides is 2. The summed E-state index contributed by atoms with van der Waals surface area (Å²) in [7, 11) is -0.643. The molecular formula is C33H40N6O5S. The zero-order valence-corrected chi connectivity index (χ0v) is 26.5. The Morgan fingerprint density at radius 1 is 0.978 bits per heavy atom. The fourth-order valence-electron chi connectivity index (χ4n) is 5.88. The van der Waals surface area contributed by atoms with Crippen LogP contribution >= 0.6 is 0 Å². The lowest BCUT2D eigenvalue weighted by Crippen LogP contribution is -2.48. The largest absolute Gasteiger partial charge is 0.344 e. The minimum Gasteiger partial charge on any atom is -0.344 e. The van der Waals surface area contributed by atoms with Crippen molar-refractivity contribution < 1.29 is 18.0 Å². The molecule has 12 heteroatoms. The van der Waals surface area contributed by atoms with Crippen LogP contribution in [0.3, 0.4) is 0 Å². The predicted molar refractivity (Wildman–Crippen MR) is 175 cm³/mol. The fourth-order valence-corrected chi connectivity index (χ4v) is 6.81. The smallest absolute Gasteiger partial charge is 0.323 e. The summed E-state index contributed by atoms with van der Waals surface area (Å²) in [5.74, 6) is -0.332. The number of carbonyl (C=O) groups excluding carboxylic acids is 2. The van der Waals surface area contributed by atoms with Crippen LogP contribution in [-0.2, 0) is 26.0 Å². The molecule has 1 aliphatic carbocycles. The average molecular weight is 633 g/mol. The molecule has 238 valence electrons. The highest BCUT2D eigenvalue weighted by Crippen LogP contribution is 2.30. The number of carbonyl (C=O) groups is 2. The first kappa shape index (κ1) is 32.1. The molecule has 1 aliphatic rings. The van der Waals surface area contributed by atoms with Crippen molar-refractivity contribution in [1.82, 2.24) is 19.6 Å². The van der Waals surface area contributed by atoms with Crippen molar-refractivity contribution in [3.8, 4) is 11.1 Å². The molecule has 0 spiro atoms. The van der Waals surface area contributed by atoms with E-state index < -0.39 is 22.0 Å². The Balaban J connectivity index is 1.41. The number of nitrogens with zero attached hydrogens (tertiary/aromatic N) is 1. The van der Waals surface area contributed by atoms with E-state index in [-0.39, 0.29) is 28.8 Å². The lowest BCUT2D eigenvalue weighted by Gasteiger charge is -2.28. The number of hydrogen-bond acceptors (Lipinski definition) is 6. The number of benzene rings is 3. The lowest BCUT2D eigenvalue weighted by molar-refractivity contribution is -0.130. The summed E-state index contributed by atoms with van der Waals surface area (Å²) in [6, 6.07) is 16.8. The molecule has 45 heavy (non-hydrogen) atoms. The topological polar surface area (TPSA) is 170 Å². The first-order chi connectivity index (χ1) is 21.4. The average Bonchev–Trinajstić information content (AvgIpc) is 3.40. The highest BCUT2D eigenvalue weighted by molar-refractivity contribution is 7.89. The Hall–Kier alpha value is -4.26. The monoisotopic (exact) mass is 632 g/mol. The summed E-state index contributed by atoms with van der Waals surface area (Å²) in [4.78, 5) is 44.4. The second-order valence-electron chi connectivity index (χ2n) is 12.0. The first-order valence-corrected chi connectivity index (χ1v) is 16.5. The molecule has 1 heterocycles. The van der Waals surface area contributed by atoms with Crippen LogP contribution < -0.4 is 22.1 Å². The Kier molecular flexibility index (Phi) is 9.56. The molecule has 0 radical (unpaired) electrons. The summed E-state index contributed by atoms with van der Waals surface area (Å²) in [6.07, 6.45) is 3.41. The zero-order chi connectivity index (χ0) is 32.3. The van der Waals surface area contributed by atoms with Gasteiger partial charge in [0.05, 0.1) is 15.9 Å². The van der Waals surface area contributed by atoms with E-state index in [0.29, 0.717) is 29.2 Å². The van der Waals surface area contributed by atoms with E-state index in [1.165, 1.54) is 18.4 Å². The summed E-state index contributed by atoms with van der Waals surface area (Å²) in [5, 5.41) is 5.91. The fraction of sp³-hybridized carbons (Fsp3) is 0.364. The second kappa shape index (κ2) is 13.4. The minimum absolute atomic E-state index is 0.162. The van der Waals surface area contributed by atoms with Gasteiger partial charge in [-0.2, -0.15) is 0 Å². The molecule has 2 amide bonds. The maximum Gasteiger partial charge on any atom is 0.323 e. The van der Waals surface area contributed by atoms with Gasteiger partial charge in [-0.05, 0) is 97.7 Å². The Morgan fingerprint density at radius 2 is 1.71 bits per heavy atom. The molecule has 0 bridgehead atoms. The van der Waals surface area contributed by atoms with Gasteiger partial charge in [-0.25, -0.2) is 17.5 Å². The third-order valence-electron chi connectivity index (χ3n) is 8.63. The van der Waals surface area contributed by atoms with E-state index in [0.717, 1.165) is 47.9 Å². The molecule has 1 aromatic heterocycles. The number of nitrogens with one attached hydrogen (secondary N) is 4. The number of aryl methyl sites for hydroxylation is 1. The van der Waals surface area contributed by atoms with Gasteiger partial charge in [0.25, 0.3) is 0 Å². The van der Waals surface area contributed by atoms with Gasteiger partial charge in [0.2, 0.25) is 21.8 Å². The molecule has 0 aliphatic heterocycles. The number of fused-ring (bicyclic) bond motifs is 1. The molecule has 5 rings (SSSR count). The molecule has 1 atom stereocenters. The number of H-pyrrole nitrogens is 2. The molecule has 3 aromatic carbocycles. The standard InChI is InChI=1S/C33H40N6O5S/c1-20-7-13-26(45(43,44)39(2)3)18-27(20)24-6-4-5-22(15-24)16-30(36-31(40)23-10-8-21(19-34)9-11-23)32(41)35-25-12-14-28-29(17-25)38-33(42)37-28/h4-7,12-15,17-18,21,23,30H,8-11,16,19,34H2,1-3H3,(H,35,41)(H,36,40)(H2,37,38,42).